The first-order valence-electron chi connectivity index (χ1n) is 3.74. The lowest BCUT2D eigenvalue weighted by Crippen LogP contribution is -2.36. The van der Waals surface area contributed by atoms with Gasteiger partial charge in [0.2, 0.25) is 6.20 Å². The smallest absolute Gasteiger partial charge is 0.218 e. The summed E-state index contributed by atoms with van der Waals surface area (Å²) >= 11 is 0. The molecule has 1 aromatic rings. The molecule has 0 saturated carbocycles. The lowest BCUT2D eigenvalue weighted by atomic mass is 10.6. The van der Waals surface area contributed by atoms with E-state index in [4.69, 9.17) is 10.5 Å². The summed E-state index contributed by atoms with van der Waals surface area (Å²) < 4.78 is 7.06. The Morgan fingerprint density at radius 3 is 3.09 bits per heavy atom. The summed E-state index contributed by atoms with van der Waals surface area (Å²) in [6.45, 7) is 4.29. The van der Waals surface area contributed by atoms with Gasteiger partial charge in [-0.2, -0.15) is 5.10 Å². The number of anilines is 1. The van der Waals surface area contributed by atoms with Gasteiger partial charge in [-0.3, -0.25) is 0 Å². The van der Waals surface area contributed by atoms with E-state index in [0.717, 1.165) is 25.4 Å². The lowest BCUT2D eigenvalue weighted by Gasteiger charge is -1.93. The number of rotatable bonds is 4. The highest BCUT2D eigenvalue weighted by Crippen LogP contribution is 1.89. The van der Waals surface area contributed by atoms with Gasteiger partial charge >= 0.3 is 0 Å². The van der Waals surface area contributed by atoms with E-state index in [9.17, 15) is 0 Å². The van der Waals surface area contributed by atoms with Crippen molar-refractivity contribution in [3.63, 3.8) is 0 Å². The number of aromatic nitrogens is 2. The Balaban J connectivity index is 2.27. The van der Waals surface area contributed by atoms with Crippen LogP contribution in [0.4, 0.5) is 5.69 Å². The molecule has 4 heteroatoms. The molecule has 0 amide bonds. The van der Waals surface area contributed by atoms with Crippen LogP contribution in [0.15, 0.2) is 12.4 Å². The van der Waals surface area contributed by atoms with E-state index in [1.54, 1.807) is 6.20 Å². The molecule has 1 rings (SSSR count). The van der Waals surface area contributed by atoms with Crippen LogP contribution >= 0.6 is 0 Å². The minimum absolute atomic E-state index is 0.723. The molecule has 3 N–H and O–H groups in total. The van der Waals surface area contributed by atoms with Crippen molar-refractivity contribution in [3.8, 4) is 0 Å². The Kier molecular flexibility index (Phi) is 2.92. The Hall–Kier alpha value is -1.03. The molecular formula is C7H14N3O+. The van der Waals surface area contributed by atoms with Crippen molar-refractivity contribution in [2.24, 2.45) is 0 Å². The maximum absolute atomic E-state index is 5.49. The van der Waals surface area contributed by atoms with Crippen LogP contribution in [-0.4, -0.2) is 18.3 Å². The van der Waals surface area contributed by atoms with Gasteiger partial charge in [-0.1, -0.05) is 0 Å². The zero-order valence-electron chi connectivity index (χ0n) is 6.71. The molecular weight excluding hydrogens is 142 g/mol. The summed E-state index contributed by atoms with van der Waals surface area (Å²) in [5.74, 6) is 0. The Bertz CT molecular complexity index is 209. The first-order valence-corrected chi connectivity index (χ1v) is 3.74. The van der Waals surface area contributed by atoms with Gasteiger partial charge in [0, 0.05) is 6.61 Å². The Labute approximate surface area is 66.0 Å². The van der Waals surface area contributed by atoms with Crippen LogP contribution in [0.5, 0.6) is 0 Å². The number of nitrogens with two attached hydrogens (primary N) is 1. The van der Waals surface area contributed by atoms with Gasteiger partial charge in [0.05, 0.1) is 6.20 Å². The minimum atomic E-state index is 0.723. The quantitative estimate of drug-likeness (QED) is 0.473. The fourth-order valence-corrected chi connectivity index (χ4v) is 0.848. The van der Waals surface area contributed by atoms with E-state index < -0.39 is 0 Å². The average molecular weight is 156 g/mol. The molecule has 0 fully saturated rings. The van der Waals surface area contributed by atoms with Crippen molar-refractivity contribution in [2.75, 3.05) is 18.9 Å². The van der Waals surface area contributed by atoms with E-state index in [1.165, 1.54) is 0 Å². The van der Waals surface area contributed by atoms with Crippen LogP contribution in [0.25, 0.3) is 0 Å². The second-order valence-corrected chi connectivity index (χ2v) is 2.29. The monoisotopic (exact) mass is 156 g/mol. The van der Waals surface area contributed by atoms with Crippen LogP contribution in [0.1, 0.15) is 6.92 Å². The highest BCUT2D eigenvalue weighted by molar-refractivity contribution is 5.27. The first kappa shape index (κ1) is 8.07. The van der Waals surface area contributed by atoms with E-state index in [0.29, 0.717) is 0 Å². The normalized spacial score (nSPS) is 10.3. The average Bonchev–Trinajstić information content (AvgIpc) is 2.37. The number of hydrogen-bond acceptors (Lipinski definition) is 2. The van der Waals surface area contributed by atoms with E-state index in [1.807, 2.05) is 17.8 Å². The number of ether oxygens (including phenoxy) is 1. The third kappa shape index (κ3) is 2.59. The minimum Gasteiger partial charge on any atom is -0.392 e. The van der Waals surface area contributed by atoms with Crippen LogP contribution < -0.4 is 10.4 Å². The lowest BCUT2D eigenvalue weighted by molar-refractivity contribution is -0.750. The van der Waals surface area contributed by atoms with Crippen molar-refractivity contribution in [3.05, 3.63) is 12.4 Å². The van der Waals surface area contributed by atoms with Crippen LogP contribution in [0.2, 0.25) is 0 Å². The van der Waals surface area contributed by atoms with Gasteiger partial charge in [0.25, 0.3) is 0 Å². The van der Waals surface area contributed by atoms with Gasteiger partial charge in [0.1, 0.15) is 12.3 Å². The van der Waals surface area contributed by atoms with Crippen molar-refractivity contribution in [1.29, 1.82) is 0 Å². The third-order valence-corrected chi connectivity index (χ3v) is 1.38. The zero-order chi connectivity index (χ0) is 8.10. The third-order valence-electron chi connectivity index (χ3n) is 1.38. The number of nitrogens with one attached hydrogen (secondary N) is 1. The van der Waals surface area contributed by atoms with Crippen LogP contribution in [0.3, 0.4) is 0 Å². The van der Waals surface area contributed by atoms with Gasteiger partial charge in [0.15, 0.2) is 6.54 Å². The Morgan fingerprint density at radius 2 is 2.55 bits per heavy atom. The van der Waals surface area contributed by atoms with Gasteiger partial charge in [-0.05, 0) is 6.92 Å². The fourth-order valence-electron chi connectivity index (χ4n) is 0.848. The summed E-state index contributed by atoms with van der Waals surface area (Å²) in [5.41, 5.74) is 6.24. The predicted molar refractivity (Wildman–Crippen MR) is 41.9 cm³/mol. The fraction of sp³-hybridized carbons (Fsp3) is 0.571. The van der Waals surface area contributed by atoms with Crippen LogP contribution in [0, 0.1) is 0 Å². The molecule has 0 saturated heterocycles. The second kappa shape index (κ2) is 3.98. The molecule has 62 valence electrons. The first-order chi connectivity index (χ1) is 5.33. The molecule has 0 radical (unpaired) electrons. The number of aromatic amines is 1. The van der Waals surface area contributed by atoms with Gasteiger partial charge in [-0.15, -0.1) is 4.68 Å². The summed E-state index contributed by atoms with van der Waals surface area (Å²) in [7, 11) is 0. The Morgan fingerprint density at radius 1 is 1.73 bits per heavy atom. The van der Waals surface area contributed by atoms with Gasteiger partial charge < -0.3 is 10.5 Å². The molecule has 0 bridgehead atoms. The molecule has 1 aromatic heterocycles. The van der Waals surface area contributed by atoms with Crippen molar-refractivity contribution in [2.45, 2.75) is 13.5 Å². The molecule has 0 aliphatic carbocycles. The molecule has 4 nitrogen and oxygen atoms in total. The highest BCUT2D eigenvalue weighted by atomic mass is 16.5. The molecule has 0 aromatic carbocycles. The van der Waals surface area contributed by atoms with Crippen molar-refractivity contribution in [1.82, 2.24) is 5.10 Å². The zero-order valence-corrected chi connectivity index (χ0v) is 6.71. The number of nitrogens with zero attached hydrogens (tertiary/aromatic N) is 1. The SMILES string of the molecule is CCOCC[n+]1cc(N)c[nH]1. The number of hydrogen-bond donors (Lipinski definition) is 2. The van der Waals surface area contributed by atoms with E-state index >= 15 is 0 Å². The molecule has 0 atom stereocenters. The largest absolute Gasteiger partial charge is 0.392 e. The van der Waals surface area contributed by atoms with E-state index in [2.05, 4.69) is 5.10 Å². The summed E-state index contributed by atoms with van der Waals surface area (Å²) in [4.78, 5) is 0. The maximum atomic E-state index is 5.49. The standard InChI is InChI=1S/C7H13N3O/c1-2-11-4-3-10-6-7(8)5-9-10/h5-6H,2-4,8H2,1H3/p+1. The maximum Gasteiger partial charge on any atom is 0.218 e. The molecule has 11 heavy (non-hydrogen) atoms. The molecule has 0 spiro atoms. The van der Waals surface area contributed by atoms with Crippen molar-refractivity contribution >= 4 is 5.69 Å². The summed E-state index contributed by atoms with van der Waals surface area (Å²) in [5, 5.41) is 2.98. The molecule has 1 heterocycles. The number of nitrogen functional groups attached to an aromatic ring is 1. The van der Waals surface area contributed by atoms with Gasteiger partial charge in [-0.25, -0.2) is 0 Å². The molecule has 0 aliphatic heterocycles. The van der Waals surface area contributed by atoms with Crippen LogP contribution in [-0.2, 0) is 11.3 Å². The molecule has 0 aliphatic rings. The van der Waals surface area contributed by atoms with Crippen molar-refractivity contribution < 1.29 is 9.42 Å². The van der Waals surface area contributed by atoms with E-state index in [-0.39, 0.29) is 0 Å². The summed E-state index contributed by atoms with van der Waals surface area (Å²) in [6.07, 6.45) is 3.60. The topological polar surface area (TPSA) is 54.9 Å². The predicted octanol–water partition coefficient (Wildman–Crippen LogP) is -0.0791. The molecule has 0 unspecified atom stereocenters. The summed E-state index contributed by atoms with van der Waals surface area (Å²) in [6, 6.07) is 0. The number of H-pyrrole nitrogens is 1. The highest BCUT2D eigenvalue weighted by Gasteiger charge is 2.01. The second-order valence-electron chi connectivity index (χ2n) is 2.29.